The minimum atomic E-state index is -0.571. The Bertz CT molecular complexity index is 613. The Hall–Kier alpha value is -2.21. The van der Waals surface area contributed by atoms with E-state index in [4.69, 9.17) is 0 Å². The average Bonchev–Trinajstić information content (AvgIpc) is 2.97. The second kappa shape index (κ2) is 6.29. The maximum atomic E-state index is 13.3. The number of anilines is 1. The van der Waals surface area contributed by atoms with Crippen LogP contribution in [0.4, 0.5) is 10.1 Å². The normalized spacial score (nSPS) is 10.1. The van der Waals surface area contributed by atoms with Crippen molar-refractivity contribution in [3.05, 3.63) is 52.5 Å². The van der Waals surface area contributed by atoms with E-state index in [9.17, 15) is 14.0 Å². The summed E-state index contributed by atoms with van der Waals surface area (Å²) in [6.45, 7) is -0.269. The van der Waals surface area contributed by atoms with E-state index in [1.165, 1.54) is 41.5 Å². The molecule has 0 saturated carbocycles. The van der Waals surface area contributed by atoms with Gasteiger partial charge in [-0.3, -0.25) is 14.5 Å². The molecule has 0 fully saturated rings. The van der Waals surface area contributed by atoms with Crippen molar-refractivity contribution in [1.29, 1.82) is 0 Å². The van der Waals surface area contributed by atoms with Gasteiger partial charge >= 0.3 is 5.97 Å². The van der Waals surface area contributed by atoms with E-state index in [1.807, 2.05) is 0 Å². The zero-order chi connectivity index (χ0) is 14.5. The summed E-state index contributed by atoms with van der Waals surface area (Å²) in [6.07, 6.45) is 0. The van der Waals surface area contributed by atoms with Crippen LogP contribution in [0.3, 0.4) is 0 Å². The molecule has 0 aliphatic heterocycles. The first-order valence-electron chi connectivity index (χ1n) is 5.78. The van der Waals surface area contributed by atoms with Gasteiger partial charge in [0.2, 0.25) is 0 Å². The predicted octanol–water partition coefficient (Wildman–Crippen LogP) is 2.71. The molecule has 4 nitrogen and oxygen atoms in total. The lowest BCUT2D eigenvalue weighted by atomic mass is 10.2. The number of hydrogen-bond acceptors (Lipinski definition) is 4. The lowest BCUT2D eigenvalue weighted by molar-refractivity contribution is -0.138. The number of rotatable bonds is 4. The van der Waals surface area contributed by atoms with Crippen molar-refractivity contribution >= 4 is 28.9 Å². The topological polar surface area (TPSA) is 46.6 Å². The number of nitrogens with zero attached hydrogens (tertiary/aromatic N) is 1. The highest BCUT2D eigenvalue weighted by atomic mass is 32.1. The molecule has 0 saturated heterocycles. The Morgan fingerprint density at radius 2 is 2.15 bits per heavy atom. The van der Waals surface area contributed by atoms with Crippen molar-refractivity contribution < 1.29 is 18.7 Å². The summed E-state index contributed by atoms with van der Waals surface area (Å²) in [5.74, 6) is -1.42. The Labute approximate surface area is 119 Å². The molecule has 0 atom stereocenters. The van der Waals surface area contributed by atoms with Crippen LogP contribution < -0.4 is 4.90 Å². The van der Waals surface area contributed by atoms with E-state index in [0.29, 0.717) is 11.3 Å². The van der Waals surface area contributed by atoms with Crippen molar-refractivity contribution in [3.63, 3.8) is 0 Å². The molecular formula is C14H12FNO3S. The molecular weight excluding hydrogens is 281 g/mol. The number of esters is 1. The highest BCUT2D eigenvalue weighted by Gasteiger charge is 2.21. The first-order valence-corrected chi connectivity index (χ1v) is 6.72. The van der Waals surface area contributed by atoms with Crippen LogP contribution in [0, 0.1) is 5.82 Å². The molecule has 1 heterocycles. The van der Waals surface area contributed by atoms with Gasteiger partial charge in [-0.2, -0.15) is 11.3 Å². The zero-order valence-corrected chi connectivity index (χ0v) is 11.5. The molecule has 0 aliphatic rings. The molecule has 1 aromatic carbocycles. The van der Waals surface area contributed by atoms with E-state index < -0.39 is 11.8 Å². The molecule has 0 spiro atoms. The Morgan fingerprint density at radius 1 is 1.35 bits per heavy atom. The fraction of sp³-hybridized carbons (Fsp3) is 0.143. The zero-order valence-electron chi connectivity index (χ0n) is 10.7. The first kappa shape index (κ1) is 14.2. The van der Waals surface area contributed by atoms with Crippen LogP contribution in [0.2, 0.25) is 0 Å². The van der Waals surface area contributed by atoms with Crippen LogP contribution in [-0.2, 0) is 9.53 Å². The number of thiophene rings is 1. The number of carbonyl (C=O) groups excluding carboxylic acids is 2. The van der Waals surface area contributed by atoms with E-state index in [0.717, 1.165) is 0 Å². The van der Waals surface area contributed by atoms with Crippen molar-refractivity contribution in [2.45, 2.75) is 0 Å². The van der Waals surface area contributed by atoms with Crippen molar-refractivity contribution in [3.8, 4) is 0 Å². The second-order valence-electron chi connectivity index (χ2n) is 3.96. The maximum absolute atomic E-state index is 13.3. The summed E-state index contributed by atoms with van der Waals surface area (Å²) >= 11 is 1.37. The molecule has 1 aromatic heterocycles. The van der Waals surface area contributed by atoms with E-state index >= 15 is 0 Å². The van der Waals surface area contributed by atoms with E-state index in [1.54, 1.807) is 22.9 Å². The van der Waals surface area contributed by atoms with Crippen LogP contribution in [0.5, 0.6) is 0 Å². The number of amides is 1. The summed E-state index contributed by atoms with van der Waals surface area (Å²) < 4.78 is 17.9. The van der Waals surface area contributed by atoms with E-state index in [-0.39, 0.29) is 12.5 Å². The van der Waals surface area contributed by atoms with Gasteiger partial charge < -0.3 is 4.74 Å². The summed E-state index contributed by atoms with van der Waals surface area (Å²) in [5, 5.41) is 3.43. The number of ether oxygens (including phenoxy) is 1. The Kier molecular flexibility index (Phi) is 4.47. The molecule has 0 radical (unpaired) electrons. The molecule has 0 aliphatic carbocycles. The summed E-state index contributed by atoms with van der Waals surface area (Å²) in [7, 11) is 1.24. The third kappa shape index (κ3) is 3.21. The fourth-order valence-corrected chi connectivity index (χ4v) is 2.29. The number of carbonyl (C=O) groups is 2. The SMILES string of the molecule is COC(=O)CN(C(=O)c1ccsc1)c1cccc(F)c1. The van der Waals surface area contributed by atoms with Crippen LogP contribution in [0.15, 0.2) is 41.1 Å². The smallest absolute Gasteiger partial charge is 0.325 e. The highest BCUT2D eigenvalue weighted by molar-refractivity contribution is 7.08. The summed E-state index contributed by atoms with van der Waals surface area (Å²) in [4.78, 5) is 25.0. The van der Waals surface area contributed by atoms with Gasteiger partial charge in [-0.05, 0) is 29.6 Å². The minimum Gasteiger partial charge on any atom is -0.468 e. The third-order valence-corrected chi connectivity index (χ3v) is 3.33. The molecule has 2 rings (SSSR count). The maximum Gasteiger partial charge on any atom is 0.325 e. The number of halogens is 1. The van der Waals surface area contributed by atoms with Crippen molar-refractivity contribution in [1.82, 2.24) is 0 Å². The summed E-state index contributed by atoms with van der Waals surface area (Å²) in [6, 6.07) is 7.17. The van der Waals surface area contributed by atoms with Gasteiger partial charge in [0.25, 0.3) is 5.91 Å². The average molecular weight is 293 g/mol. The van der Waals surface area contributed by atoms with Crippen LogP contribution in [0.25, 0.3) is 0 Å². The standard InChI is InChI=1S/C14H12FNO3S/c1-19-13(17)8-16(12-4-2-3-11(15)7-12)14(18)10-5-6-20-9-10/h2-7,9H,8H2,1H3. The Balaban J connectivity index is 2.34. The second-order valence-corrected chi connectivity index (χ2v) is 4.74. The lowest BCUT2D eigenvalue weighted by Gasteiger charge is -2.21. The van der Waals surface area contributed by atoms with Gasteiger partial charge in [0.15, 0.2) is 0 Å². The molecule has 20 heavy (non-hydrogen) atoms. The molecule has 0 N–H and O–H groups in total. The highest BCUT2D eigenvalue weighted by Crippen LogP contribution is 2.19. The lowest BCUT2D eigenvalue weighted by Crippen LogP contribution is -2.36. The summed E-state index contributed by atoms with van der Waals surface area (Å²) in [5.41, 5.74) is 0.759. The molecule has 2 aromatic rings. The van der Waals surface area contributed by atoms with E-state index in [2.05, 4.69) is 4.74 Å². The van der Waals surface area contributed by atoms with Gasteiger partial charge in [0.1, 0.15) is 12.4 Å². The van der Waals surface area contributed by atoms with Crippen LogP contribution in [-0.4, -0.2) is 25.5 Å². The molecule has 6 heteroatoms. The molecule has 0 bridgehead atoms. The molecule has 1 amide bonds. The third-order valence-electron chi connectivity index (χ3n) is 2.65. The van der Waals surface area contributed by atoms with Gasteiger partial charge in [0.05, 0.1) is 12.7 Å². The van der Waals surface area contributed by atoms with Crippen molar-refractivity contribution in [2.75, 3.05) is 18.6 Å². The van der Waals surface area contributed by atoms with Crippen LogP contribution >= 0.6 is 11.3 Å². The quantitative estimate of drug-likeness (QED) is 0.814. The van der Waals surface area contributed by atoms with Gasteiger partial charge in [-0.1, -0.05) is 6.07 Å². The van der Waals surface area contributed by atoms with Crippen LogP contribution in [0.1, 0.15) is 10.4 Å². The van der Waals surface area contributed by atoms with Gasteiger partial charge in [0, 0.05) is 11.1 Å². The molecule has 0 unspecified atom stereocenters. The number of benzene rings is 1. The largest absolute Gasteiger partial charge is 0.468 e. The monoisotopic (exact) mass is 293 g/mol. The van der Waals surface area contributed by atoms with Crippen molar-refractivity contribution in [2.24, 2.45) is 0 Å². The number of hydrogen-bond donors (Lipinski definition) is 0. The Morgan fingerprint density at radius 3 is 2.75 bits per heavy atom. The van der Waals surface area contributed by atoms with Gasteiger partial charge in [-0.25, -0.2) is 4.39 Å². The molecule has 104 valence electrons. The predicted molar refractivity (Wildman–Crippen MR) is 74.4 cm³/mol. The minimum absolute atomic E-state index is 0.269. The van der Waals surface area contributed by atoms with Gasteiger partial charge in [-0.15, -0.1) is 0 Å². The number of methoxy groups -OCH3 is 1. The first-order chi connectivity index (χ1) is 9.61. The fourth-order valence-electron chi connectivity index (χ4n) is 1.66.